The van der Waals surface area contributed by atoms with E-state index in [4.69, 9.17) is 15.9 Å². The monoisotopic (exact) mass is 384 g/mol. The van der Waals surface area contributed by atoms with Crippen LogP contribution in [0.1, 0.15) is 72.1 Å². The molecule has 4 aliphatic rings. The van der Waals surface area contributed by atoms with Gasteiger partial charge in [-0.05, 0) is 81.1 Å². The van der Waals surface area contributed by atoms with Gasteiger partial charge in [0.15, 0.2) is 5.60 Å². The molecule has 0 aromatic rings. The van der Waals surface area contributed by atoms with E-state index in [1.165, 1.54) is 25.8 Å². The predicted octanol–water partition coefficient (Wildman–Crippen LogP) is 4.43. The first kappa shape index (κ1) is 19.6. The highest BCUT2D eigenvalue weighted by atomic mass is 16.6. The van der Waals surface area contributed by atoms with Crippen LogP contribution in [0.25, 0.3) is 0 Å². The quantitative estimate of drug-likeness (QED) is 0.402. The first-order chi connectivity index (χ1) is 13.3. The van der Waals surface area contributed by atoms with E-state index in [2.05, 4.69) is 18.9 Å². The van der Waals surface area contributed by atoms with E-state index in [9.17, 15) is 9.59 Å². The minimum atomic E-state index is -0.739. The number of hydrogen-bond acceptors (Lipinski definition) is 4. The summed E-state index contributed by atoms with van der Waals surface area (Å²) in [6.07, 6.45) is 16.5. The normalized spacial score (nSPS) is 44.2. The Morgan fingerprint density at radius 3 is 2.54 bits per heavy atom. The summed E-state index contributed by atoms with van der Waals surface area (Å²) in [5.74, 6) is 4.94. The van der Waals surface area contributed by atoms with Gasteiger partial charge in [-0.3, -0.25) is 9.59 Å². The molecule has 0 heterocycles. The molecule has 0 aliphatic heterocycles. The summed E-state index contributed by atoms with van der Waals surface area (Å²) in [5, 5.41) is 0. The van der Waals surface area contributed by atoms with Crippen LogP contribution in [0.4, 0.5) is 0 Å². The fraction of sp³-hybridized carbons (Fsp3) is 0.750. The van der Waals surface area contributed by atoms with Crippen molar-refractivity contribution in [3.8, 4) is 12.3 Å². The highest BCUT2D eigenvalue weighted by molar-refractivity contribution is 5.67. The van der Waals surface area contributed by atoms with Crippen LogP contribution in [0, 0.1) is 41.4 Å². The molecule has 3 fully saturated rings. The van der Waals surface area contributed by atoms with E-state index in [1.807, 2.05) is 0 Å². The zero-order chi connectivity index (χ0) is 20.1. The van der Waals surface area contributed by atoms with Crippen LogP contribution in [-0.4, -0.2) is 23.6 Å². The van der Waals surface area contributed by atoms with Crippen molar-refractivity contribution in [1.82, 2.24) is 0 Å². The van der Waals surface area contributed by atoms with Gasteiger partial charge in [0, 0.05) is 19.3 Å². The third-order valence-electron chi connectivity index (χ3n) is 8.40. The van der Waals surface area contributed by atoms with Crippen molar-refractivity contribution in [2.24, 2.45) is 29.1 Å². The minimum Gasteiger partial charge on any atom is -0.458 e. The van der Waals surface area contributed by atoms with Gasteiger partial charge < -0.3 is 9.47 Å². The number of allylic oxidation sites excluding steroid dienone is 1. The predicted molar refractivity (Wildman–Crippen MR) is 106 cm³/mol. The van der Waals surface area contributed by atoms with Crippen molar-refractivity contribution < 1.29 is 19.1 Å². The van der Waals surface area contributed by atoms with Gasteiger partial charge in [0.2, 0.25) is 0 Å². The summed E-state index contributed by atoms with van der Waals surface area (Å²) in [7, 11) is 0. The minimum absolute atomic E-state index is 0.0429. The summed E-state index contributed by atoms with van der Waals surface area (Å²) < 4.78 is 11.3. The molecule has 4 rings (SSSR count). The van der Waals surface area contributed by atoms with Crippen molar-refractivity contribution in [3.63, 3.8) is 0 Å². The first-order valence-corrected chi connectivity index (χ1v) is 10.8. The van der Waals surface area contributed by atoms with E-state index in [1.54, 1.807) is 0 Å². The molecule has 0 N–H and O–H groups in total. The molecule has 4 heteroatoms. The second kappa shape index (κ2) is 6.94. The van der Waals surface area contributed by atoms with Gasteiger partial charge in [0.1, 0.15) is 6.10 Å². The van der Waals surface area contributed by atoms with E-state index in [0.29, 0.717) is 23.7 Å². The number of carbonyl (C=O) groups excluding carboxylic acids is 2. The Balaban J connectivity index is 1.57. The van der Waals surface area contributed by atoms with Crippen LogP contribution in [0.3, 0.4) is 0 Å². The maximum atomic E-state index is 11.8. The molecular formula is C24H32O4. The molecule has 152 valence electrons. The molecule has 0 aromatic carbocycles. The van der Waals surface area contributed by atoms with Crippen LogP contribution >= 0.6 is 0 Å². The number of fused-ring (bicyclic) bond motifs is 5. The number of terminal acetylenes is 1. The molecule has 4 nitrogen and oxygen atoms in total. The highest BCUT2D eigenvalue weighted by Gasteiger charge is 2.64. The Morgan fingerprint density at radius 1 is 1.07 bits per heavy atom. The van der Waals surface area contributed by atoms with E-state index in [-0.39, 0.29) is 23.5 Å². The molecule has 28 heavy (non-hydrogen) atoms. The van der Waals surface area contributed by atoms with E-state index >= 15 is 0 Å². The summed E-state index contributed by atoms with van der Waals surface area (Å²) in [4.78, 5) is 23.1. The zero-order valence-corrected chi connectivity index (χ0v) is 17.3. The van der Waals surface area contributed by atoms with Gasteiger partial charge in [-0.15, -0.1) is 6.42 Å². The number of esters is 2. The highest BCUT2D eigenvalue weighted by Crippen LogP contribution is 2.65. The third kappa shape index (κ3) is 2.90. The Kier molecular flexibility index (Phi) is 4.84. The standard InChI is InChI=1S/C24H32O4/c1-5-24(28-16(3)26)13-11-22-21-8-6-17-14-18(27-15(2)25)7-9-19(17)20(21)10-12-23(22,24)4/h1,14,18-22H,6-13H2,2-4H3/t18-,19+,20-,21-,22-,23-,24+/m1/s1. The fourth-order valence-electron chi connectivity index (χ4n) is 7.28. The van der Waals surface area contributed by atoms with Gasteiger partial charge in [0.25, 0.3) is 0 Å². The second-order valence-electron chi connectivity index (χ2n) is 9.61. The van der Waals surface area contributed by atoms with Crippen molar-refractivity contribution in [3.05, 3.63) is 11.6 Å². The molecule has 0 spiro atoms. The molecule has 7 atom stereocenters. The summed E-state index contributed by atoms with van der Waals surface area (Å²) in [5.41, 5.74) is 0.644. The zero-order valence-electron chi connectivity index (χ0n) is 17.3. The lowest BCUT2D eigenvalue weighted by Crippen LogP contribution is -2.53. The van der Waals surface area contributed by atoms with Crippen LogP contribution in [-0.2, 0) is 19.1 Å². The summed E-state index contributed by atoms with van der Waals surface area (Å²) >= 11 is 0. The van der Waals surface area contributed by atoms with Crippen LogP contribution in [0.5, 0.6) is 0 Å². The fourth-order valence-corrected chi connectivity index (χ4v) is 7.28. The molecule has 0 unspecified atom stereocenters. The molecule has 3 saturated carbocycles. The van der Waals surface area contributed by atoms with Gasteiger partial charge >= 0.3 is 11.9 Å². The number of hydrogen-bond donors (Lipinski definition) is 0. The molecule has 0 saturated heterocycles. The van der Waals surface area contributed by atoms with Crippen molar-refractivity contribution in [2.45, 2.75) is 83.8 Å². The Morgan fingerprint density at radius 2 is 1.86 bits per heavy atom. The maximum absolute atomic E-state index is 11.8. The third-order valence-corrected chi connectivity index (χ3v) is 8.40. The Labute approximate surface area is 168 Å². The van der Waals surface area contributed by atoms with Gasteiger partial charge in [-0.25, -0.2) is 0 Å². The largest absolute Gasteiger partial charge is 0.458 e. The summed E-state index contributed by atoms with van der Waals surface area (Å²) in [6, 6.07) is 0. The lowest BCUT2D eigenvalue weighted by Gasteiger charge is -2.55. The topological polar surface area (TPSA) is 52.6 Å². The van der Waals surface area contributed by atoms with E-state index < -0.39 is 5.60 Å². The molecule has 0 amide bonds. The Hall–Kier alpha value is -1.76. The summed E-state index contributed by atoms with van der Waals surface area (Å²) in [6.45, 7) is 5.23. The first-order valence-electron chi connectivity index (χ1n) is 10.8. The molecular weight excluding hydrogens is 352 g/mol. The average Bonchev–Trinajstić information content (AvgIpc) is 2.93. The average molecular weight is 385 g/mol. The van der Waals surface area contributed by atoms with Crippen molar-refractivity contribution in [2.75, 3.05) is 0 Å². The molecule has 0 bridgehead atoms. The van der Waals surface area contributed by atoms with Crippen molar-refractivity contribution in [1.29, 1.82) is 0 Å². The maximum Gasteiger partial charge on any atom is 0.304 e. The smallest absolute Gasteiger partial charge is 0.304 e. The van der Waals surface area contributed by atoms with Gasteiger partial charge in [-0.1, -0.05) is 18.4 Å². The lowest BCUT2D eigenvalue weighted by atomic mass is 9.50. The number of ether oxygens (including phenoxy) is 2. The van der Waals surface area contributed by atoms with Gasteiger partial charge in [0.05, 0.1) is 0 Å². The SMILES string of the molecule is C#C[C@]1(OC(C)=O)CC[C@@H]2[C@@H]3CCC4=C[C@H](OC(C)=O)CC[C@@H]4[C@H]3CC[C@]21C. The molecule has 0 radical (unpaired) electrons. The van der Waals surface area contributed by atoms with E-state index in [0.717, 1.165) is 44.9 Å². The Bertz CT molecular complexity index is 746. The number of carbonyl (C=O) groups is 2. The van der Waals surface area contributed by atoms with Crippen LogP contribution in [0.2, 0.25) is 0 Å². The number of rotatable bonds is 2. The molecule has 4 aliphatic carbocycles. The van der Waals surface area contributed by atoms with Gasteiger partial charge in [-0.2, -0.15) is 0 Å². The van der Waals surface area contributed by atoms with Crippen LogP contribution < -0.4 is 0 Å². The second-order valence-corrected chi connectivity index (χ2v) is 9.61. The molecule has 0 aromatic heterocycles. The van der Waals surface area contributed by atoms with Crippen LogP contribution in [0.15, 0.2) is 11.6 Å². The lowest BCUT2D eigenvalue weighted by molar-refractivity contribution is -0.167. The van der Waals surface area contributed by atoms with Crippen molar-refractivity contribution >= 4 is 11.9 Å².